The van der Waals surface area contributed by atoms with Crippen LogP contribution in [0.2, 0.25) is 0 Å². The lowest BCUT2D eigenvalue weighted by Crippen LogP contribution is -2.10. The molecule has 1 aliphatic rings. The minimum atomic E-state index is 0.0820. The summed E-state index contributed by atoms with van der Waals surface area (Å²) >= 11 is 0. The molecule has 0 aliphatic heterocycles. The van der Waals surface area contributed by atoms with Crippen LogP contribution in [-0.4, -0.2) is 15.0 Å². The standard InChI is InChI=1S/C49H34N4O/c1-4-14-33(15-5-1)34-26-29-39(30-27-34)53(42-23-12-21-35-16-10-11-22-40(35)42)43-24-13-25-44-46(43)41-31-28-38(32-45(41)54-44)49-51-47(36-17-6-2-7-18-36)50-48(52-49)37-19-8-3-9-20-37/h1-19,21-32,37H,20H2. The van der Waals surface area contributed by atoms with Crippen molar-refractivity contribution in [2.24, 2.45) is 0 Å². The van der Waals surface area contributed by atoms with Gasteiger partial charge in [-0.1, -0.05) is 146 Å². The zero-order valence-corrected chi connectivity index (χ0v) is 29.4. The quantitative estimate of drug-likeness (QED) is 0.166. The van der Waals surface area contributed by atoms with E-state index < -0.39 is 0 Å². The van der Waals surface area contributed by atoms with E-state index in [1.807, 2.05) is 30.3 Å². The van der Waals surface area contributed by atoms with Crippen molar-refractivity contribution >= 4 is 49.8 Å². The van der Waals surface area contributed by atoms with Gasteiger partial charge in [-0.15, -0.1) is 0 Å². The topological polar surface area (TPSA) is 55.1 Å². The van der Waals surface area contributed by atoms with Crippen molar-refractivity contribution in [1.29, 1.82) is 0 Å². The van der Waals surface area contributed by atoms with Crippen LogP contribution in [-0.2, 0) is 0 Å². The monoisotopic (exact) mass is 694 g/mol. The predicted octanol–water partition coefficient (Wildman–Crippen LogP) is 13.0. The third-order valence-corrected chi connectivity index (χ3v) is 10.2. The summed E-state index contributed by atoms with van der Waals surface area (Å²) in [5.74, 6) is 2.13. The van der Waals surface area contributed by atoms with Crippen molar-refractivity contribution in [3.63, 3.8) is 0 Å². The van der Waals surface area contributed by atoms with E-state index in [-0.39, 0.29) is 5.92 Å². The summed E-state index contributed by atoms with van der Waals surface area (Å²) in [7, 11) is 0. The lowest BCUT2D eigenvalue weighted by Gasteiger charge is -2.27. The molecule has 2 heterocycles. The van der Waals surface area contributed by atoms with E-state index in [9.17, 15) is 0 Å². The number of nitrogens with zero attached hydrogens (tertiary/aromatic N) is 4. The van der Waals surface area contributed by atoms with E-state index in [1.54, 1.807) is 0 Å². The number of hydrogen-bond donors (Lipinski definition) is 0. The Labute approximate surface area is 313 Å². The van der Waals surface area contributed by atoms with Gasteiger partial charge in [0.1, 0.15) is 17.0 Å². The van der Waals surface area contributed by atoms with Gasteiger partial charge in [0.2, 0.25) is 0 Å². The SMILES string of the molecule is C1=CCC(c2nc(-c3ccccc3)nc(-c3ccc4c(c3)oc3cccc(N(c5ccc(-c6ccccc6)cc5)c5cccc6ccccc56)c34)n2)C=C1. The van der Waals surface area contributed by atoms with Crippen LogP contribution < -0.4 is 4.90 Å². The smallest absolute Gasteiger partial charge is 0.163 e. The van der Waals surface area contributed by atoms with Gasteiger partial charge >= 0.3 is 0 Å². The van der Waals surface area contributed by atoms with Crippen LogP contribution in [0.15, 0.2) is 193 Å². The minimum Gasteiger partial charge on any atom is -0.456 e. The molecule has 7 aromatic carbocycles. The van der Waals surface area contributed by atoms with Crippen molar-refractivity contribution in [3.8, 4) is 33.9 Å². The lowest BCUT2D eigenvalue weighted by atomic mass is 10.00. The molecule has 10 rings (SSSR count). The number of fused-ring (bicyclic) bond motifs is 4. The molecule has 1 unspecified atom stereocenters. The zero-order chi connectivity index (χ0) is 35.8. The Bertz CT molecular complexity index is 2850. The van der Waals surface area contributed by atoms with Crippen molar-refractivity contribution in [2.45, 2.75) is 12.3 Å². The number of furan rings is 1. The van der Waals surface area contributed by atoms with Crippen molar-refractivity contribution in [3.05, 3.63) is 194 Å². The highest BCUT2D eigenvalue weighted by atomic mass is 16.3. The summed E-state index contributed by atoms with van der Waals surface area (Å²) in [6.45, 7) is 0. The molecule has 1 atom stereocenters. The summed E-state index contributed by atoms with van der Waals surface area (Å²) in [5.41, 5.74) is 8.96. The van der Waals surface area contributed by atoms with Gasteiger partial charge in [0.05, 0.1) is 16.8 Å². The molecule has 5 nitrogen and oxygen atoms in total. The van der Waals surface area contributed by atoms with Gasteiger partial charge in [-0.3, -0.25) is 0 Å². The van der Waals surface area contributed by atoms with Gasteiger partial charge in [0.15, 0.2) is 11.6 Å². The molecule has 0 bridgehead atoms. The first-order chi connectivity index (χ1) is 26.8. The molecule has 0 amide bonds. The van der Waals surface area contributed by atoms with Crippen LogP contribution in [0.3, 0.4) is 0 Å². The maximum Gasteiger partial charge on any atom is 0.163 e. The molecule has 0 N–H and O–H groups in total. The first-order valence-corrected chi connectivity index (χ1v) is 18.3. The third-order valence-electron chi connectivity index (χ3n) is 10.2. The summed E-state index contributed by atoms with van der Waals surface area (Å²) in [6.07, 6.45) is 9.31. The fraction of sp³-hybridized carbons (Fsp3) is 0.0408. The Kier molecular flexibility index (Phi) is 7.88. The van der Waals surface area contributed by atoms with Crippen LogP contribution >= 0.6 is 0 Å². The molecule has 0 spiro atoms. The summed E-state index contributed by atoms with van der Waals surface area (Å²) in [4.78, 5) is 17.3. The van der Waals surface area contributed by atoms with Crippen LogP contribution in [0.1, 0.15) is 18.2 Å². The maximum absolute atomic E-state index is 6.68. The van der Waals surface area contributed by atoms with Crippen LogP contribution in [0.4, 0.5) is 17.1 Å². The van der Waals surface area contributed by atoms with Crippen molar-refractivity contribution in [1.82, 2.24) is 15.0 Å². The van der Waals surface area contributed by atoms with Crippen LogP contribution in [0.25, 0.3) is 66.6 Å². The second kappa shape index (κ2) is 13.5. The molecule has 5 heteroatoms. The highest BCUT2D eigenvalue weighted by Crippen LogP contribution is 2.45. The van der Waals surface area contributed by atoms with E-state index in [0.717, 1.165) is 62.4 Å². The largest absolute Gasteiger partial charge is 0.456 e. The number of rotatable bonds is 7. The molecule has 256 valence electrons. The summed E-state index contributed by atoms with van der Waals surface area (Å²) < 4.78 is 6.68. The van der Waals surface area contributed by atoms with Crippen molar-refractivity contribution in [2.75, 3.05) is 4.90 Å². The molecule has 0 saturated carbocycles. The van der Waals surface area contributed by atoms with E-state index >= 15 is 0 Å². The van der Waals surface area contributed by atoms with Gasteiger partial charge in [-0.25, -0.2) is 15.0 Å². The molecule has 0 fully saturated rings. The van der Waals surface area contributed by atoms with Gasteiger partial charge in [-0.05, 0) is 65.4 Å². The van der Waals surface area contributed by atoms with E-state index in [1.165, 1.54) is 21.9 Å². The molecular formula is C49H34N4O. The Morgan fingerprint density at radius 2 is 1.17 bits per heavy atom. The van der Waals surface area contributed by atoms with Crippen LogP contribution in [0, 0.1) is 0 Å². The van der Waals surface area contributed by atoms with E-state index in [0.29, 0.717) is 11.6 Å². The molecule has 0 saturated heterocycles. The summed E-state index contributed by atoms with van der Waals surface area (Å²) in [5, 5.41) is 4.41. The lowest BCUT2D eigenvalue weighted by molar-refractivity contribution is 0.669. The average molecular weight is 695 g/mol. The van der Waals surface area contributed by atoms with Crippen LogP contribution in [0.5, 0.6) is 0 Å². The molecule has 0 radical (unpaired) electrons. The molecule has 9 aromatic rings. The fourth-order valence-electron chi connectivity index (χ4n) is 7.55. The van der Waals surface area contributed by atoms with Crippen molar-refractivity contribution < 1.29 is 4.42 Å². The number of hydrogen-bond acceptors (Lipinski definition) is 5. The molecule has 2 aromatic heterocycles. The summed E-state index contributed by atoms with van der Waals surface area (Å²) in [6, 6.07) is 57.2. The molecule has 54 heavy (non-hydrogen) atoms. The molecular weight excluding hydrogens is 661 g/mol. The minimum absolute atomic E-state index is 0.0820. The predicted molar refractivity (Wildman–Crippen MR) is 221 cm³/mol. The zero-order valence-electron chi connectivity index (χ0n) is 29.4. The molecule has 1 aliphatic carbocycles. The second-order valence-electron chi connectivity index (χ2n) is 13.6. The number of anilines is 3. The van der Waals surface area contributed by atoms with E-state index in [4.69, 9.17) is 19.4 Å². The van der Waals surface area contributed by atoms with Gasteiger partial charge in [0, 0.05) is 33.5 Å². The highest BCUT2D eigenvalue weighted by Gasteiger charge is 2.22. The van der Waals surface area contributed by atoms with Gasteiger partial charge in [0.25, 0.3) is 0 Å². The third kappa shape index (κ3) is 5.73. The number of benzene rings is 7. The van der Waals surface area contributed by atoms with Gasteiger partial charge in [-0.2, -0.15) is 0 Å². The Balaban J connectivity index is 1.13. The first kappa shape index (κ1) is 31.6. The first-order valence-electron chi connectivity index (χ1n) is 18.3. The normalized spacial score (nSPS) is 13.9. The maximum atomic E-state index is 6.68. The Morgan fingerprint density at radius 1 is 0.500 bits per heavy atom. The average Bonchev–Trinajstić information content (AvgIpc) is 3.64. The number of aromatic nitrogens is 3. The van der Waals surface area contributed by atoms with E-state index in [2.05, 4.69) is 163 Å². The second-order valence-corrected chi connectivity index (χ2v) is 13.6. The number of allylic oxidation sites excluding steroid dienone is 4. The Morgan fingerprint density at radius 3 is 1.96 bits per heavy atom. The Hall–Kier alpha value is -7.11. The fourth-order valence-corrected chi connectivity index (χ4v) is 7.55. The highest BCUT2D eigenvalue weighted by molar-refractivity contribution is 6.15. The van der Waals surface area contributed by atoms with Gasteiger partial charge < -0.3 is 9.32 Å².